The number of hydrogen-bond acceptors (Lipinski definition) is 5. The van der Waals surface area contributed by atoms with Gasteiger partial charge in [0.25, 0.3) is 0 Å². The van der Waals surface area contributed by atoms with Gasteiger partial charge in [-0.05, 0) is 62.2 Å². The Morgan fingerprint density at radius 3 is 2.15 bits per heavy atom. The Bertz CT molecular complexity index is 747. The normalized spacial score (nSPS) is 10.7. The van der Waals surface area contributed by atoms with Crippen LogP contribution in [0.2, 0.25) is 0 Å². The van der Waals surface area contributed by atoms with E-state index in [0.717, 1.165) is 0 Å². The predicted octanol–water partition coefficient (Wildman–Crippen LogP) is 4.51. The molecular weight excluding hydrogens is 332 g/mol. The first-order chi connectivity index (χ1) is 12.3. The van der Waals surface area contributed by atoms with Gasteiger partial charge >= 0.3 is 11.9 Å². The monoisotopic (exact) mass is 356 g/mol. The van der Waals surface area contributed by atoms with Crippen molar-refractivity contribution in [2.75, 3.05) is 6.61 Å². The molecule has 0 heterocycles. The molecule has 0 aliphatic carbocycles. The Labute approximate surface area is 153 Å². The van der Waals surface area contributed by atoms with E-state index in [9.17, 15) is 9.59 Å². The molecule has 0 aliphatic heterocycles. The zero-order chi connectivity index (χ0) is 19.1. The van der Waals surface area contributed by atoms with E-state index in [1.54, 1.807) is 42.5 Å². The van der Waals surface area contributed by atoms with Crippen LogP contribution in [0.5, 0.6) is 11.5 Å². The summed E-state index contributed by atoms with van der Waals surface area (Å²) in [5.74, 6) is 0.283. The maximum Gasteiger partial charge on any atom is 0.343 e. The van der Waals surface area contributed by atoms with Crippen molar-refractivity contribution in [2.24, 2.45) is 5.92 Å². The summed E-state index contributed by atoms with van der Waals surface area (Å²) in [4.78, 5) is 24.3. The Balaban J connectivity index is 2.02. The largest absolute Gasteiger partial charge is 0.491 e. The van der Waals surface area contributed by atoms with Crippen LogP contribution in [0.1, 0.15) is 48.4 Å². The molecule has 2 aromatic carbocycles. The fourth-order valence-electron chi connectivity index (χ4n) is 2.12. The number of hydrogen-bond donors (Lipinski definition) is 0. The van der Waals surface area contributed by atoms with Crippen molar-refractivity contribution < 1.29 is 23.8 Å². The van der Waals surface area contributed by atoms with Crippen LogP contribution >= 0.6 is 0 Å². The van der Waals surface area contributed by atoms with E-state index in [0.29, 0.717) is 23.5 Å². The minimum atomic E-state index is -0.506. The van der Waals surface area contributed by atoms with Gasteiger partial charge in [-0.25, -0.2) is 9.59 Å². The summed E-state index contributed by atoms with van der Waals surface area (Å²) in [7, 11) is 0. The summed E-state index contributed by atoms with van der Waals surface area (Å²) in [5.41, 5.74) is 0.741. The Morgan fingerprint density at radius 1 is 0.846 bits per heavy atom. The molecule has 0 aromatic heterocycles. The van der Waals surface area contributed by atoms with E-state index in [1.165, 1.54) is 6.07 Å². The number of esters is 2. The molecule has 0 bridgehead atoms. The van der Waals surface area contributed by atoms with Gasteiger partial charge in [0.15, 0.2) is 0 Å². The van der Waals surface area contributed by atoms with Crippen LogP contribution < -0.4 is 9.47 Å². The summed E-state index contributed by atoms with van der Waals surface area (Å²) in [6, 6.07) is 13.1. The topological polar surface area (TPSA) is 61.8 Å². The van der Waals surface area contributed by atoms with E-state index in [4.69, 9.17) is 14.2 Å². The SMILES string of the molecule is CC(C)COC(=O)c1cccc(OC(=O)c2ccc(OC(C)C)cc2)c1. The van der Waals surface area contributed by atoms with Crippen LogP contribution in [0.25, 0.3) is 0 Å². The van der Waals surface area contributed by atoms with Gasteiger partial charge in [-0.3, -0.25) is 0 Å². The molecule has 0 saturated carbocycles. The molecule has 2 aromatic rings. The van der Waals surface area contributed by atoms with Crippen LogP contribution in [0.4, 0.5) is 0 Å². The van der Waals surface area contributed by atoms with E-state index in [-0.39, 0.29) is 17.8 Å². The average molecular weight is 356 g/mol. The van der Waals surface area contributed by atoms with Gasteiger partial charge < -0.3 is 14.2 Å². The fourth-order valence-corrected chi connectivity index (χ4v) is 2.12. The van der Waals surface area contributed by atoms with Gasteiger partial charge in [0.05, 0.1) is 23.8 Å². The minimum Gasteiger partial charge on any atom is -0.491 e. The molecular formula is C21H24O5. The van der Waals surface area contributed by atoms with Crippen molar-refractivity contribution in [3.05, 3.63) is 59.7 Å². The Kier molecular flexibility index (Phi) is 6.78. The number of carbonyl (C=O) groups excluding carboxylic acids is 2. The van der Waals surface area contributed by atoms with Gasteiger partial charge in [0.2, 0.25) is 0 Å². The second kappa shape index (κ2) is 9.04. The molecule has 0 amide bonds. The highest BCUT2D eigenvalue weighted by Crippen LogP contribution is 2.18. The maximum atomic E-state index is 12.3. The van der Waals surface area contributed by atoms with E-state index < -0.39 is 11.9 Å². The number of ether oxygens (including phenoxy) is 3. The molecule has 5 heteroatoms. The first-order valence-corrected chi connectivity index (χ1v) is 8.61. The van der Waals surface area contributed by atoms with Crippen molar-refractivity contribution in [1.82, 2.24) is 0 Å². The summed E-state index contributed by atoms with van der Waals surface area (Å²) in [6.45, 7) is 8.13. The molecule has 0 unspecified atom stereocenters. The molecule has 0 atom stereocenters. The van der Waals surface area contributed by atoms with Crippen LogP contribution in [0.3, 0.4) is 0 Å². The van der Waals surface area contributed by atoms with E-state index >= 15 is 0 Å². The quantitative estimate of drug-likeness (QED) is 0.540. The van der Waals surface area contributed by atoms with Crippen molar-refractivity contribution in [3.8, 4) is 11.5 Å². The standard InChI is InChI=1S/C21H24O5/c1-14(2)13-24-20(22)17-6-5-7-19(12-17)26-21(23)16-8-10-18(11-9-16)25-15(3)4/h5-12,14-15H,13H2,1-4H3. The lowest BCUT2D eigenvalue weighted by molar-refractivity contribution is 0.0457. The molecule has 138 valence electrons. The number of carbonyl (C=O) groups is 2. The van der Waals surface area contributed by atoms with Crippen molar-refractivity contribution in [3.63, 3.8) is 0 Å². The highest BCUT2D eigenvalue weighted by Gasteiger charge is 2.13. The first-order valence-electron chi connectivity index (χ1n) is 8.61. The molecule has 5 nitrogen and oxygen atoms in total. The highest BCUT2D eigenvalue weighted by atomic mass is 16.5. The lowest BCUT2D eigenvalue weighted by atomic mass is 10.2. The number of rotatable bonds is 7. The Morgan fingerprint density at radius 2 is 1.54 bits per heavy atom. The third kappa shape index (κ3) is 5.92. The zero-order valence-electron chi connectivity index (χ0n) is 15.5. The van der Waals surface area contributed by atoms with Gasteiger partial charge in [0.1, 0.15) is 11.5 Å². The lowest BCUT2D eigenvalue weighted by Gasteiger charge is -2.10. The zero-order valence-corrected chi connectivity index (χ0v) is 15.5. The van der Waals surface area contributed by atoms with E-state index in [1.807, 2.05) is 27.7 Å². The van der Waals surface area contributed by atoms with Gasteiger partial charge in [-0.1, -0.05) is 19.9 Å². The molecule has 0 N–H and O–H groups in total. The van der Waals surface area contributed by atoms with Crippen molar-refractivity contribution >= 4 is 11.9 Å². The fraction of sp³-hybridized carbons (Fsp3) is 0.333. The first kappa shape index (κ1) is 19.5. The molecule has 0 aliphatic rings. The third-order valence-corrected chi connectivity index (χ3v) is 3.29. The molecule has 0 saturated heterocycles. The minimum absolute atomic E-state index is 0.0611. The van der Waals surface area contributed by atoms with Crippen LogP contribution in [-0.4, -0.2) is 24.6 Å². The molecule has 26 heavy (non-hydrogen) atoms. The highest BCUT2D eigenvalue weighted by molar-refractivity contribution is 5.92. The Hall–Kier alpha value is -2.82. The predicted molar refractivity (Wildman–Crippen MR) is 98.7 cm³/mol. The second-order valence-electron chi connectivity index (χ2n) is 6.60. The third-order valence-electron chi connectivity index (χ3n) is 3.29. The summed E-state index contributed by atoms with van der Waals surface area (Å²) >= 11 is 0. The average Bonchev–Trinajstić information content (AvgIpc) is 2.60. The van der Waals surface area contributed by atoms with E-state index in [2.05, 4.69) is 0 Å². The van der Waals surface area contributed by atoms with Crippen LogP contribution in [0.15, 0.2) is 48.5 Å². The van der Waals surface area contributed by atoms with Crippen molar-refractivity contribution in [2.45, 2.75) is 33.8 Å². The smallest absolute Gasteiger partial charge is 0.343 e. The van der Waals surface area contributed by atoms with Crippen LogP contribution in [0, 0.1) is 5.92 Å². The van der Waals surface area contributed by atoms with Gasteiger partial charge in [-0.2, -0.15) is 0 Å². The summed E-state index contributed by atoms with van der Waals surface area (Å²) in [5, 5.41) is 0. The molecule has 0 radical (unpaired) electrons. The molecule has 0 spiro atoms. The summed E-state index contributed by atoms with van der Waals surface area (Å²) in [6.07, 6.45) is 0.0611. The summed E-state index contributed by atoms with van der Waals surface area (Å²) < 4.78 is 16.1. The van der Waals surface area contributed by atoms with Crippen LogP contribution in [-0.2, 0) is 4.74 Å². The molecule has 2 rings (SSSR count). The number of benzene rings is 2. The maximum absolute atomic E-state index is 12.3. The lowest BCUT2D eigenvalue weighted by Crippen LogP contribution is -2.12. The second-order valence-corrected chi connectivity index (χ2v) is 6.60. The van der Waals surface area contributed by atoms with Gasteiger partial charge in [-0.15, -0.1) is 0 Å². The van der Waals surface area contributed by atoms with Gasteiger partial charge in [0, 0.05) is 0 Å². The van der Waals surface area contributed by atoms with Crippen molar-refractivity contribution in [1.29, 1.82) is 0 Å². The molecule has 0 fully saturated rings.